The Labute approximate surface area is 117 Å². The SMILES string of the molecule is CC1SCCCC1N[C@H](C)c1ccccc1Br. The third kappa shape index (κ3) is 3.49. The molecular weight excluding hydrogens is 294 g/mol. The highest BCUT2D eigenvalue weighted by molar-refractivity contribution is 9.10. The minimum absolute atomic E-state index is 0.414. The van der Waals surface area contributed by atoms with Crippen LogP contribution in [0.3, 0.4) is 0 Å². The van der Waals surface area contributed by atoms with Gasteiger partial charge in [0.15, 0.2) is 0 Å². The van der Waals surface area contributed by atoms with Crippen molar-refractivity contribution in [2.24, 2.45) is 0 Å². The molecule has 1 aromatic carbocycles. The van der Waals surface area contributed by atoms with Crippen molar-refractivity contribution >= 4 is 27.7 Å². The molecule has 0 bridgehead atoms. The molecule has 1 saturated heterocycles. The van der Waals surface area contributed by atoms with Gasteiger partial charge in [0.25, 0.3) is 0 Å². The monoisotopic (exact) mass is 313 g/mol. The quantitative estimate of drug-likeness (QED) is 0.888. The standard InChI is InChI=1S/C14H20BrNS/c1-10(12-6-3-4-7-13(12)15)16-14-8-5-9-17-11(14)2/h3-4,6-7,10-11,14,16H,5,8-9H2,1-2H3/t10-,11?,14?/m1/s1. The molecule has 17 heavy (non-hydrogen) atoms. The molecule has 3 heteroatoms. The maximum atomic E-state index is 3.77. The second-order valence-corrected chi connectivity index (χ2v) is 7.07. The summed E-state index contributed by atoms with van der Waals surface area (Å²) in [4.78, 5) is 0. The van der Waals surface area contributed by atoms with E-state index in [-0.39, 0.29) is 0 Å². The molecule has 0 saturated carbocycles. The maximum Gasteiger partial charge on any atom is 0.0305 e. The van der Waals surface area contributed by atoms with Gasteiger partial charge in [-0.05, 0) is 37.1 Å². The van der Waals surface area contributed by atoms with Crippen LogP contribution in [0.4, 0.5) is 0 Å². The number of hydrogen-bond acceptors (Lipinski definition) is 2. The van der Waals surface area contributed by atoms with Crippen LogP contribution in [-0.4, -0.2) is 17.0 Å². The first-order valence-corrected chi connectivity index (χ1v) is 8.14. The average Bonchev–Trinajstić information content (AvgIpc) is 2.32. The zero-order valence-corrected chi connectivity index (χ0v) is 12.9. The molecule has 0 spiro atoms. The van der Waals surface area contributed by atoms with Crippen LogP contribution in [0.15, 0.2) is 28.7 Å². The fourth-order valence-electron chi connectivity index (χ4n) is 2.38. The van der Waals surface area contributed by atoms with Gasteiger partial charge in [-0.15, -0.1) is 0 Å². The summed E-state index contributed by atoms with van der Waals surface area (Å²) in [7, 11) is 0. The summed E-state index contributed by atoms with van der Waals surface area (Å²) < 4.78 is 1.20. The molecule has 0 aliphatic carbocycles. The lowest BCUT2D eigenvalue weighted by molar-refractivity contribution is 0.416. The highest BCUT2D eigenvalue weighted by atomic mass is 79.9. The molecular formula is C14H20BrNS. The maximum absolute atomic E-state index is 3.77. The molecule has 1 heterocycles. The molecule has 1 aliphatic rings. The molecule has 3 atom stereocenters. The fourth-order valence-corrected chi connectivity index (χ4v) is 4.16. The van der Waals surface area contributed by atoms with Crippen molar-refractivity contribution in [2.45, 2.75) is 44.0 Å². The Hall–Kier alpha value is 0.01000. The highest BCUT2D eigenvalue weighted by Crippen LogP contribution is 2.29. The van der Waals surface area contributed by atoms with Gasteiger partial charge in [0.2, 0.25) is 0 Å². The number of thioether (sulfide) groups is 1. The molecule has 0 amide bonds. The van der Waals surface area contributed by atoms with Crippen molar-refractivity contribution in [3.8, 4) is 0 Å². The summed E-state index contributed by atoms with van der Waals surface area (Å²) in [6.07, 6.45) is 2.65. The van der Waals surface area contributed by atoms with Crippen LogP contribution in [-0.2, 0) is 0 Å². The molecule has 2 unspecified atom stereocenters. The average molecular weight is 314 g/mol. The number of hydrogen-bond donors (Lipinski definition) is 1. The van der Waals surface area contributed by atoms with Gasteiger partial charge >= 0.3 is 0 Å². The van der Waals surface area contributed by atoms with Gasteiger partial charge in [-0.1, -0.05) is 41.1 Å². The summed E-state index contributed by atoms with van der Waals surface area (Å²) in [5.74, 6) is 1.32. The van der Waals surface area contributed by atoms with Crippen molar-refractivity contribution in [3.05, 3.63) is 34.3 Å². The topological polar surface area (TPSA) is 12.0 Å². The minimum Gasteiger partial charge on any atom is -0.306 e. The first kappa shape index (κ1) is 13.4. The zero-order chi connectivity index (χ0) is 12.3. The van der Waals surface area contributed by atoms with Crippen molar-refractivity contribution in [3.63, 3.8) is 0 Å². The van der Waals surface area contributed by atoms with Crippen LogP contribution < -0.4 is 5.32 Å². The summed E-state index contributed by atoms with van der Waals surface area (Å²) in [6, 6.07) is 9.55. The second kappa shape index (κ2) is 6.26. The van der Waals surface area contributed by atoms with E-state index in [1.54, 1.807) is 0 Å². The molecule has 1 N–H and O–H groups in total. The Balaban J connectivity index is 2.01. The fraction of sp³-hybridized carbons (Fsp3) is 0.571. The van der Waals surface area contributed by atoms with Gasteiger partial charge in [-0.2, -0.15) is 11.8 Å². The second-order valence-electron chi connectivity index (χ2n) is 4.73. The molecule has 1 fully saturated rings. The molecule has 1 aromatic rings. The first-order valence-electron chi connectivity index (χ1n) is 6.30. The summed E-state index contributed by atoms with van der Waals surface area (Å²) in [5.41, 5.74) is 1.36. The first-order chi connectivity index (χ1) is 8.18. The van der Waals surface area contributed by atoms with Crippen molar-refractivity contribution in [2.75, 3.05) is 5.75 Å². The van der Waals surface area contributed by atoms with Crippen molar-refractivity contribution in [1.29, 1.82) is 0 Å². The zero-order valence-electron chi connectivity index (χ0n) is 10.4. The van der Waals surface area contributed by atoms with Crippen LogP contribution >= 0.6 is 27.7 Å². The number of nitrogens with one attached hydrogen (secondary N) is 1. The predicted molar refractivity (Wildman–Crippen MR) is 80.6 cm³/mol. The van der Waals surface area contributed by atoms with Crippen molar-refractivity contribution < 1.29 is 0 Å². The van der Waals surface area contributed by atoms with Gasteiger partial charge in [-0.25, -0.2) is 0 Å². The Bertz CT molecular complexity index is 369. The third-order valence-electron chi connectivity index (χ3n) is 3.44. The Kier molecular flexibility index (Phi) is 4.95. The lowest BCUT2D eigenvalue weighted by Gasteiger charge is -2.32. The normalized spacial score (nSPS) is 26.8. The van der Waals surface area contributed by atoms with Gasteiger partial charge in [0, 0.05) is 21.8 Å². The summed E-state index contributed by atoms with van der Waals surface area (Å²) >= 11 is 5.72. The van der Waals surface area contributed by atoms with E-state index >= 15 is 0 Å². The molecule has 0 radical (unpaired) electrons. The Morgan fingerprint density at radius 2 is 2.18 bits per heavy atom. The predicted octanol–water partition coefficient (Wildman–Crippen LogP) is 4.38. The van der Waals surface area contributed by atoms with Gasteiger partial charge in [0.05, 0.1) is 0 Å². The van der Waals surface area contributed by atoms with E-state index in [4.69, 9.17) is 0 Å². The van der Waals surface area contributed by atoms with E-state index in [0.717, 1.165) is 5.25 Å². The van der Waals surface area contributed by atoms with Gasteiger partial charge in [0.1, 0.15) is 0 Å². The van der Waals surface area contributed by atoms with E-state index in [0.29, 0.717) is 12.1 Å². The van der Waals surface area contributed by atoms with Crippen LogP contribution in [0, 0.1) is 0 Å². The largest absolute Gasteiger partial charge is 0.306 e. The molecule has 2 rings (SSSR count). The summed E-state index contributed by atoms with van der Waals surface area (Å²) in [5, 5.41) is 4.51. The minimum atomic E-state index is 0.414. The van der Waals surface area contributed by atoms with E-state index in [1.807, 2.05) is 0 Å². The lowest BCUT2D eigenvalue weighted by atomic mass is 10.0. The number of halogens is 1. The number of rotatable bonds is 3. The van der Waals surface area contributed by atoms with Crippen LogP contribution in [0.5, 0.6) is 0 Å². The van der Waals surface area contributed by atoms with Crippen LogP contribution in [0.25, 0.3) is 0 Å². The van der Waals surface area contributed by atoms with Gasteiger partial charge < -0.3 is 5.32 Å². The van der Waals surface area contributed by atoms with E-state index < -0.39 is 0 Å². The van der Waals surface area contributed by atoms with Crippen LogP contribution in [0.1, 0.15) is 38.3 Å². The van der Waals surface area contributed by atoms with Crippen LogP contribution in [0.2, 0.25) is 0 Å². The Morgan fingerprint density at radius 1 is 1.41 bits per heavy atom. The molecule has 0 aromatic heterocycles. The van der Waals surface area contributed by atoms with Gasteiger partial charge in [-0.3, -0.25) is 0 Å². The third-order valence-corrected chi connectivity index (χ3v) is 5.54. The van der Waals surface area contributed by atoms with E-state index in [1.165, 1.54) is 28.6 Å². The van der Waals surface area contributed by atoms with E-state index in [2.05, 4.69) is 71.1 Å². The van der Waals surface area contributed by atoms with Crippen molar-refractivity contribution in [1.82, 2.24) is 5.32 Å². The molecule has 1 nitrogen and oxygen atoms in total. The van der Waals surface area contributed by atoms with E-state index in [9.17, 15) is 0 Å². The summed E-state index contributed by atoms with van der Waals surface area (Å²) in [6.45, 7) is 4.60. The molecule has 1 aliphatic heterocycles. The number of benzene rings is 1. The Morgan fingerprint density at radius 3 is 2.88 bits per heavy atom. The molecule has 94 valence electrons. The smallest absolute Gasteiger partial charge is 0.0305 e. The lowest BCUT2D eigenvalue weighted by Crippen LogP contribution is -2.40. The highest BCUT2D eigenvalue weighted by Gasteiger charge is 2.23.